The van der Waals surface area contributed by atoms with Gasteiger partial charge in [0.05, 0.1) is 9.79 Å². The van der Waals surface area contributed by atoms with Crippen molar-refractivity contribution in [3.8, 4) is 11.1 Å². The molecule has 2 rings (SSSR count). The molecule has 0 aliphatic carbocycles. The molecular weight excluding hydrogens is 458 g/mol. The Morgan fingerprint density at radius 1 is 0.700 bits per heavy atom. The van der Waals surface area contributed by atoms with Gasteiger partial charge in [-0.05, 0) is 24.3 Å². The van der Waals surface area contributed by atoms with E-state index < -0.39 is 41.8 Å². The van der Waals surface area contributed by atoms with Crippen molar-refractivity contribution in [3.63, 3.8) is 0 Å². The topological polar surface area (TPSA) is 173 Å². The van der Waals surface area contributed by atoms with Crippen LogP contribution in [0, 0.1) is 0 Å². The molecule has 0 saturated carbocycles. The van der Waals surface area contributed by atoms with Crippen molar-refractivity contribution in [1.82, 2.24) is 0 Å². The number of anilines is 2. The number of carbonyl (C=O) groups excluding carboxylic acids is 2. The van der Waals surface area contributed by atoms with Crippen molar-refractivity contribution in [3.05, 3.63) is 36.4 Å². The molecule has 2 aromatic carbocycles. The zero-order valence-corrected chi connectivity index (χ0v) is 22.2. The normalized spacial score (nSPS) is 10.9. The molecule has 0 saturated heterocycles. The first kappa shape index (κ1) is 29.2. The molecule has 30 heavy (non-hydrogen) atoms. The third kappa shape index (κ3) is 7.71. The molecule has 0 heterocycles. The predicted molar refractivity (Wildman–Crippen MR) is 96.4 cm³/mol. The van der Waals surface area contributed by atoms with Crippen LogP contribution in [0.2, 0.25) is 0 Å². The van der Waals surface area contributed by atoms with Crippen LogP contribution in [0.5, 0.6) is 0 Å². The second kappa shape index (κ2) is 11.2. The molecule has 0 aromatic heterocycles. The number of carbonyl (C=O) groups is 2. The van der Waals surface area contributed by atoms with Crippen molar-refractivity contribution in [2.45, 2.75) is 23.6 Å². The molecule has 0 unspecified atom stereocenters. The fourth-order valence-electron chi connectivity index (χ4n) is 2.47. The minimum absolute atomic E-state index is 0. The predicted octanol–water partition coefficient (Wildman–Crippen LogP) is -4.91. The number of benzene rings is 2. The van der Waals surface area contributed by atoms with Gasteiger partial charge in [-0.1, -0.05) is 12.1 Å². The van der Waals surface area contributed by atoms with Gasteiger partial charge in [-0.15, -0.1) is 0 Å². The van der Waals surface area contributed by atoms with Crippen LogP contribution in [0.4, 0.5) is 11.4 Å². The van der Waals surface area contributed by atoms with Crippen molar-refractivity contribution in [1.29, 1.82) is 0 Å². The van der Waals surface area contributed by atoms with Crippen LogP contribution in [-0.2, 0) is 29.8 Å². The summed E-state index contributed by atoms with van der Waals surface area (Å²) in [5, 5.41) is 4.60. The Hall–Kier alpha value is -0.800. The quantitative estimate of drug-likeness (QED) is 0.322. The standard InChI is InChI=1S/C16H16N2O8S2.2Na/c1-9(19)17-11-3-5-13(15(7-11)27(21,22)23)14-6-4-12(18-10(2)20)8-16(14)28(24,25)26;;/h3-8H,1-2H3,(H,17,19)(H,18,20)(H,21,22,23)(H,24,25,26);;/q;2*+1/p-2. The summed E-state index contributed by atoms with van der Waals surface area (Å²) >= 11 is 0. The zero-order valence-electron chi connectivity index (χ0n) is 16.5. The minimum Gasteiger partial charge on any atom is -0.744 e. The van der Waals surface area contributed by atoms with Crippen LogP contribution >= 0.6 is 0 Å². The maximum atomic E-state index is 11.7. The smallest absolute Gasteiger partial charge is 0.744 e. The molecule has 0 aliphatic rings. The van der Waals surface area contributed by atoms with Gasteiger partial charge < -0.3 is 19.7 Å². The minimum atomic E-state index is -5.10. The number of hydrogen-bond acceptors (Lipinski definition) is 8. The molecule has 0 fully saturated rings. The fourth-order valence-corrected chi connectivity index (χ4v) is 3.90. The van der Waals surface area contributed by atoms with Gasteiger partial charge >= 0.3 is 59.1 Å². The van der Waals surface area contributed by atoms with E-state index in [9.17, 15) is 35.5 Å². The average Bonchev–Trinajstić information content (AvgIpc) is 2.52. The van der Waals surface area contributed by atoms with Crippen LogP contribution in [0.25, 0.3) is 11.1 Å². The molecule has 14 heteroatoms. The number of hydrogen-bond donors (Lipinski definition) is 2. The summed E-state index contributed by atoms with van der Waals surface area (Å²) < 4.78 is 70.1. The van der Waals surface area contributed by atoms with Gasteiger partial charge in [-0.2, -0.15) is 0 Å². The second-order valence-electron chi connectivity index (χ2n) is 5.69. The van der Waals surface area contributed by atoms with E-state index in [1.165, 1.54) is 26.0 Å². The van der Waals surface area contributed by atoms with Gasteiger partial charge in [0.25, 0.3) is 0 Å². The van der Waals surface area contributed by atoms with E-state index in [4.69, 9.17) is 0 Å². The Balaban J connectivity index is 0.00000420. The summed E-state index contributed by atoms with van der Waals surface area (Å²) in [5.41, 5.74) is -0.694. The molecule has 0 spiro atoms. The van der Waals surface area contributed by atoms with E-state index in [2.05, 4.69) is 10.6 Å². The van der Waals surface area contributed by atoms with Crippen molar-refractivity contribution < 1.29 is 94.6 Å². The van der Waals surface area contributed by atoms with Crippen molar-refractivity contribution in [2.24, 2.45) is 0 Å². The maximum absolute atomic E-state index is 11.7. The monoisotopic (exact) mass is 472 g/mol. The van der Waals surface area contributed by atoms with Crippen LogP contribution in [-0.4, -0.2) is 37.8 Å². The van der Waals surface area contributed by atoms with Gasteiger partial charge in [0.2, 0.25) is 11.8 Å². The summed E-state index contributed by atoms with van der Waals surface area (Å²) in [5.74, 6) is -1.05. The molecule has 0 radical (unpaired) electrons. The van der Waals surface area contributed by atoms with Gasteiger partial charge in [0.15, 0.2) is 0 Å². The first-order valence-electron chi connectivity index (χ1n) is 7.54. The molecule has 0 bridgehead atoms. The summed E-state index contributed by atoms with van der Waals surface area (Å²) in [6, 6.07) is 6.41. The summed E-state index contributed by atoms with van der Waals surface area (Å²) in [7, 11) is -10.2. The average molecular weight is 472 g/mol. The SMILES string of the molecule is CC(=O)Nc1ccc(-c2ccc(NC(C)=O)cc2S(=O)(=O)[O-])c(S(=O)(=O)[O-])c1.[Na+].[Na+]. The van der Waals surface area contributed by atoms with E-state index in [0.29, 0.717) is 0 Å². The summed E-state index contributed by atoms with van der Waals surface area (Å²) in [6.07, 6.45) is 0. The van der Waals surface area contributed by atoms with Crippen LogP contribution < -0.4 is 69.7 Å². The number of rotatable bonds is 5. The third-order valence-electron chi connectivity index (χ3n) is 3.43. The molecule has 10 nitrogen and oxygen atoms in total. The van der Waals surface area contributed by atoms with Gasteiger partial charge in [-0.25, -0.2) is 16.8 Å². The third-order valence-corrected chi connectivity index (χ3v) is 5.19. The number of amides is 2. The molecule has 2 N–H and O–H groups in total. The Bertz CT molecular complexity index is 1090. The van der Waals surface area contributed by atoms with Crippen LogP contribution in [0.1, 0.15) is 13.8 Å². The molecule has 2 aromatic rings. The van der Waals surface area contributed by atoms with Gasteiger partial charge in [0, 0.05) is 36.3 Å². The van der Waals surface area contributed by atoms with Crippen LogP contribution in [0.3, 0.4) is 0 Å². The fraction of sp³-hybridized carbons (Fsp3) is 0.125. The van der Waals surface area contributed by atoms with Crippen LogP contribution in [0.15, 0.2) is 46.2 Å². The molecular formula is C16H14N2Na2O8S2. The van der Waals surface area contributed by atoms with E-state index in [-0.39, 0.29) is 81.6 Å². The van der Waals surface area contributed by atoms with Crippen molar-refractivity contribution >= 4 is 43.4 Å². The van der Waals surface area contributed by atoms with E-state index in [1.54, 1.807) is 0 Å². The Kier molecular flexibility index (Phi) is 10.9. The maximum Gasteiger partial charge on any atom is 1.00 e. The number of nitrogens with one attached hydrogen (secondary N) is 2. The Labute approximate surface area is 217 Å². The second-order valence-corrected chi connectivity index (χ2v) is 8.39. The van der Waals surface area contributed by atoms with E-state index in [1.807, 2.05) is 0 Å². The molecule has 0 aliphatic heterocycles. The summed E-state index contributed by atoms with van der Waals surface area (Å²) in [6.45, 7) is 2.34. The first-order chi connectivity index (χ1) is 12.8. The molecule has 2 amide bonds. The Morgan fingerprint density at radius 3 is 1.23 bits per heavy atom. The van der Waals surface area contributed by atoms with E-state index >= 15 is 0 Å². The summed E-state index contributed by atoms with van der Waals surface area (Å²) in [4.78, 5) is 20.6. The zero-order chi connectivity index (χ0) is 21.3. The van der Waals surface area contributed by atoms with E-state index in [0.717, 1.165) is 24.3 Å². The molecule has 0 atom stereocenters. The largest absolute Gasteiger partial charge is 1.00 e. The van der Waals surface area contributed by atoms with Gasteiger partial charge in [0.1, 0.15) is 20.2 Å². The van der Waals surface area contributed by atoms with Crippen molar-refractivity contribution in [2.75, 3.05) is 10.6 Å². The van der Waals surface area contributed by atoms with Gasteiger partial charge in [-0.3, -0.25) is 9.59 Å². The first-order valence-corrected chi connectivity index (χ1v) is 10.4. The molecule has 150 valence electrons. The Morgan fingerprint density at radius 2 is 1.00 bits per heavy atom.